The highest BCUT2D eigenvalue weighted by Crippen LogP contribution is 1.64. The van der Waals surface area contributed by atoms with Gasteiger partial charge >= 0.3 is 0 Å². The van der Waals surface area contributed by atoms with Crippen LogP contribution < -0.4 is 11.2 Å². The number of nitrogens with two attached hydrogens (primary N) is 1. The molecule has 0 atom stereocenters. The summed E-state index contributed by atoms with van der Waals surface area (Å²) in [5.41, 5.74) is 6.40. The monoisotopic (exact) mass is 117 g/mol. The number of hydrogen-bond donors (Lipinski definition) is 2. The number of guanidine groups is 1. The van der Waals surface area contributed by atoms with Gasteiger partial charge in [0.15, 0.2) is 0 Å². The maximum atomic E-state index is 9.22. The van der Waals surface area contributed by atoms with E-state index in [9.17, 15) is 9.81 Å². The quantitative estimate of drug-likeness (QED) is 0.214. The molecule has 0 aliphatic rings. The number of nitrogens with zero attached hydrogens (tertiary/aromatic N) is 3. The van der Waals surface area contributed by atoms with Gasteiger partial charge < -0.3 is 5.73 Å². The minimum atomic E-state index is -0.421. The number of rotatable bonds is 2. The van der Waals surface area contributed by atoms with Crippen molar-refractivity contribution < 1.29 is 0 Å². The summed E-state index contributed by atoms with van der Waals surface area (Å²) in [6.07, 6.45) is 0. The molecule has 0 aliphatic heterocycles. The van der Waals surface area contributed by atoms with Gasteiger partial charge in [0.25, 0.3) is 0 Å². The fourth-order valence-corrected chi connectivity index (χ4v) is 0.113. The second kappa shape index (κ2) is 3.65. The van der Waals surface area contributed by atoms with Gasteiger partial charge in [-0.15, -0.1) is 9.81 Å². The maximum Gasteiger partial charge on any atom is 0.240 e. The molecule has 44 valence electrons. The van der Waals surface area contributed by atoms with Crippen LogP contribution in [0.1, 0.15) is 0 Å². The summed E-state index contributed by atoms with van der Waals surface area (Å²) in [7, 11) is 0. The van der Waals surface area contributed by atoms with Gasteiger partial charge in [0, 0.05) is 0 Å². The summed E-state index contributed by atoms with van der Waals surface area (Å²) < 4.78 is 0. The smallest absolute Gasteiger partial charge is 0.240 e. The van der Waals surface area contributed by atoms with Crippen LogP contribution in [0.3, 0.4) is 0 Å². The fourth-order valence-electron chi connectivity index (χ4n) is 0.113. The first-order chi connectivity index (χ1) is 3.81. The molecular formula is CH3N5O2. The van der Waals surface area contributed by atoms with Gasteiger partial charge in [0.05, 0.1) is 10.6 Å². The summed E-state index contributed by atoms with van der Waals surface area (Å²) in [5.74, 6) is -0.421. The summed E-state index contributed by atoms with van der Waals surface area (Å²) in [4.78, 5) is 18.4. The Labute approximate surface area is 43.9 Å². The standard InChI is InChI=1S/CH3N5O2/c2-1(3-5-7)4-6-8/h(H3,2,3,4,7,8). The van der Waals surface area contributed by atoms with E-state index in [0.717, 1.165) is 0 Å². The molecule has 0 saturated carbocycles. The Balaban J connectivity index is 3.60. The van der Waals surface area contributed by atoms with Crippen LogP contribution in [0.5, 0.6) is 0 Å². The van der Waals surface area contributed by atoms with Crippen LogP contribution in [0.15, 0.2) is 15.7 Å². The van der Waals surface area contributed by atoms with Crippen molar-refractivity contribution in [2.24, 2.45) is 21.4 Å². The van der Waals surface area contributed by atoms with Crippen LogP contribution in [0, 0.1) is 9.81 Å². The Bertz CT molecular complexity index is 118. The molecular weight excluding hydrogens is 114 g/mol. The Morgan fingerprint density at radius 3 is 2.50 bits per heavy atom. The molecule has 0 fully saturated rings. The minimum Gasteiger partial charge on any atom is -0.367 e. The van der Waals surface area contributed by atoms with Crippen LogP contribution in [0.2, 0.25) is 0 Å². The van der Waals surface area contributed by atoms with E-state index in [-0.39, 0.29) is 0 Å². The fraction of sp³-hybridized carbons (Fsp3) is 0. The van der Waals surface area contributed by atoms with Gasteiger partial charge in [-0.3, -0.25) is 0 Å². The lowest BCUT2D eigenvalue weighted by atomic mass is 11.1. The Hall–Kier alpha value is -1.53. The largest absolute Gasteiger partial charge is 0.367 e. The normalized spacial score (nSPS) is 10.2. The predicted molar refractivity (Wildman–Crippen MR) is 26.3 cm³/mol. The van der Waals surface area contributed by atoms with E-state index in [1.54, 1.807) is 5.43 Å². The molecule has 0 heterocycles. The highest BCUT2D eigenvalue weighted by Gasteiger charge is 1.83. The van der Waals surface area contributed by atoms with Gasteiger partial charge in [-0.1, -0.05) is 5.10 Å². The predicted octanol–water partition coefficient (Wildman–Crippen LogP) is -0.746. The van der Waals surface area contributed by atoms with E-state index >= 15 is 0 Å². The number of nitroso groups, excluding NO2 is 2. The van der Waals surface area contributed by atoms with Gasteiger partial charge in [-0.2, -0.15) is 0 Å². The maximum absolute atomic E-state index is 9.22. The van der Waals surface area contributed by atoms with Crippen molar-refractivity contribution in [1.82, 2.24) is 5.43 Å². The first-order valence-electron chi connectivity index (χ1n) is 1.55. The molecule has 0 unspecified atom stereocenters. The summed E-state index contributed by atoms with van der Waals surface area (Å²) >= 11 is 0. The number of hydrogen-bond acceptors (Lipinski definition) is 4. The third-order valence-corrected chi connectivity index (χ3v) is 0.309. The van der Waals surface area contributed by atoms with Gasteiger partial charge in [0.1, 0.15) is 0 Å². The Kier molecular flexibility index (Phi) is 2.95. The average molecular weight is 117 g/mol. The third-order valence-electron chi connectivity index (χ3n) is 0.309. The number of nitrogens with one attached hydrogen (secondary N) is 1. The van der Waals surface area contributed by atoms with Crippen LogP contribution in [0.4, 0.5) is 0 Å². The van der Waals surface area contributed by atoms with E-state index in [1.165, 1.54) is 0 Å². The summed E-state index contributed by atoms with van der Waals surface area (Å²) in [5, 5.41) is 6.78. The molecule has 0 aliphatic carbocycles. The van der Waals surface area contributed by atoms with Crippen LogP contribution in [-0.2, 0) is 0 Å². The first kappa shape index (κ1) is 6.47. The van der Waals surface area contributed by atoms with Gasteiger partial charge in [-0.25, -0.2) is 5.43 Å². The van der Waals surface area contributed by atoms with Crippen molar-refractivity contribution in [1.29, 1.82) is 0 Å². The topological polar surface area (TPSA) is 109 Å². The molecule has 0 aromatic heterocycles. The molecule has 0 radical (unpaired) electrons. The highest BCUT2D eigenvalue weighted by atomic mass is 16.3. The SMILES string of the molecule is N/C(=N/N=O)NN=O. The molecule has 0 rings (SSSR count). The second-order valence-corrected chi connectivity index (χ2v) is 0.770. The minimum absolute atomic E-state index is 0.421. The van der Waals surface area contributed by atoms with E-state index in [0.29, 0.717) is 0 Å². The van der Waals surface area contributed by atoms with Crippen molar-refractivity contribution in [2.75, 3.05) is 0 Å². The first-order valence-corrected chi connectivity index (χ1v) is 1.55. The molecule has 3 N–H and O–H groups in total. The Morgan fingerprint density at radius 2 is 2.12 bits per heavy atom. The van der Waals surface area contributed by atoms with Crippen molar-refractivity contribution in [3.63, 3.8) is 0 Å². The molecule has 7 heteroatoms. The molecule has 0 saturated heterocycles. The van der Waals surface area contributed by atoms with Crippen molar-refractivity contribution in [3.05, 3.63) is 9.81 Å². The van der Waals surface area contributed by atoms with E-state index in [1.807, 2.05) is 5.29 Å². The van der Waals surface area contributed by atoms with Crippen LogP contribution >= 0.6 is 0 Å². The van der Waals surface area contributed by atoms with Gasteiger partial charge in [-0.05, 0) is 0 Å². The molecule has 0 spiro atoms. The average Bonchev–Trinajstić information content (AvgIpc) is 1.68. The molecule has 0 aromatic carbocycles. The van der Waals surface area contributed by atoms with E-state index in [2.05, 4.69) is 10.4 Å². The van der Waals surface area contributed by atoms with Gasteiger partial charge in [0.2, 0.25) is 5.96 Å². The molecule has 0 aromatic rings. The lowest BCUT2D eigenvalue weighted by Crippen LogP contribution is -2.25. The highest BCUT2D eigenvalue weighted by molar-refractivity contribution is 5.76. The van der Waals surface area contributed by atoms with Crippen molar-refractivity contribution in [2.45, 2.75) is 0 Å². The van der Waals surface area contributed by atoms with Crippen LogP contribution in [-0.4, -0.2) is 5.96 Å². The zero-order valence-electron chi connectivity index (χ0n) is 3.74. The summed E-state index contributed by atoms with van der Waals surface area (Å²) in [6, 6.07) is 0. The summed E-state index contributed by atoms with van der Waals surface area (Å²) in [6.45, 7) is 0. The third kappa shape index (κ3) is 2.69. The Morgan fingerprint density at radius 1 is 1.50 bits per heavy atom. The molecule has 8 heavy (non-hydrogen) atoms. The zero-order valence-corrected chi connectivity index (χ0v) is 3.74. The zero-order chi connectivity index (χ0) is 6.41. The van der Waals surface area contributed by atoms with Crippen LogP contribution in [0.25, 0.3) is 0 Å². The molecule has 7 nitrogen and oxygen atoms in total. The van der Waals surface area contributed by atoms with E-state index < -0.39 is 5.96 Å². The second-order valence-electron chi connectivity index (χ2n) is 0.770. The lowest BCUT2D eigenvalue weighted by molar-refractivity contribution is 0.972. The van der Waals surface area contributed by atoms with Crippen molar-refractivity contribution >= 4 is 5.96 Å². The molecule has 0 bridgehead atoms. The molecule has 0 amide bonds. The van der Waals surface area contributed by atoms with Crippen molar-refractivity contribution in [3.8, 4) is 0 Å². The lowest BCUT2D eigenvalue weighted by Gasteiger charge is -1.85. The van der Waals surface area contributed by atoms with E-state index in [4.69, 9.17) is 5.73 Å².